The van der Waals surface area contributed by atoms with E-state index >= 15 is 0 Å². The molecule has 2 nitrogen and oxygen atoms in total. The van der Waals surface area contributed by atoms with Gasteiger partial charge in [0.05, 0.1) is 12.1 Å². The predicted molar refractivity (Wildman–Crippen MR) is 44.4 cm³/mol. The molecule has 0 radical (unpaired) electrons. The van der Waals surface area contributed by atoms with Crippen molar-refractivity contribution in [3.8, 4) is 11.5 Å². The third kappa shape index (κ3) is 1.57. The molecule has 1 N–H and O–H groups in total. The van der Waals surface area contributed by atoms with Crippen LogP contribution in [0, 0.1) is 6.92 Å². The number of phenols is 1. The van der Waals surface area contributed by atoms with Crippen LogP contribution in [0.2, 0.25) is 5.02 Å². The molecule has 60 valence electrons. The molecule has 1 aromatic rings. The van der Waals surface area contributed by atoms with Crippen molar-refractivity contribution >= 4 is 11.6 Å². The first-order valence-electron chi connectivity index (χ1n) is 3.18. The summed E-state index contributed by atoms with van der Waals surface area (Å²) in [5.41, 5.74) is 0.912. The molecule has 0 spiro atoms. The van der Waals surface area contributed by atoms with Gasteiger partial charge in [0.1, 0.15) is 11.5 Å². The number of phenolic OH excluding ortho intramolecular Hbond substituents is 1. The second-order valence-electron chi connectivity index (χ2n) is 2.27. The van der Waals surface area contributed by atoms with Gasteiger partial charge in [0, 0.05) is 6.07 Å². The first kappa shape index (κ1) is 8.21. The maximum absolute atomic E-state index is 9.14. The van der Waals surface area contributed by atoms with Crippen LogP contribution in [0.15, 0.2) is 12.1 Å². The van der Waals surface area contributed by atoms with Gasteiger partial charge in [0.2, 0.25) is 0 Å². The molecule has 11 heavy (non-hydrogen) atoms. The van der Waals surface area contributed by atoms with Gasteiger partial charge in [-0.2, -0.15) is 0 Å². The number of methoxy groups -OCH3 is 1. The molecule has 3 heteroatoms. The van der Waals surface area contributed by atoms with E-state index in [1.807, 2.05) is 6.92 Å². The molecule has 1 aromatic carbocycles. The highest BCUT2D eigenvalue weighted by Crippen LogP contribution is 2.30. The first-order chi connectivity index (χ1) is 5.15. The molecule has 0 saturated heterocycles. The van der Waals surface area contributed by atoms with Crippen LogP contribution in [0.5, 0.6) is 11.5 Å². The summed E-state index contributed by atoms with van der Waals surface area (Å²) in [6.45, 7) is 1.87. The van der Waals surface area contributed by atoms with Crippen molar-refractivity contribution < 1.29 is 9.84 Å². The van der Waals surface area contributed by atoms with Crippen LogP contribution in [0.4, 0.5) is 0 Å². The molecular formula is C8H9ClO2. The van der Waals surface area contributed by atoms with Crippen molar-refractivity contribution in [3.05, 3.63) is 22.7 Å². The number of hydrogen-bond donors (Lipinski definition) is 1. The number of ether oxygens (including phenoxy) is 1. The third-order valence-corrected chi connectivity index (χ3v) is 1.77. The quantitative estimate of drug-likeness (QED) is 0.705. The number of aromatic hydroxyl groups is 1. The van der Waals surface area contributed by atoms with Crippen molar-refractivity contribution in [2.45, 2.75) is 6.92 Å². The smallest absolute Gasteiger partial charge is 0.137 e. The van der Waals surface area contributed by atoms with E-state index in [2.05, 4.69) is 0 Å². The summed E-state index contributed by atoms with van der Waals surface area (Å²) in [7, 11) is 1.55. The lowest BCUT2D eigenvalue weighted by Crippen LogP contribution is -1.86. The fourth-order valence-electron chi connectivity index (χ4n) is 0.862. The average Bonchev–Trinajstić information content (AvgIpc) is 1.97. The van der Waals surface area contributed by atoms with E-state index in [-0.39, 0.29) is 5.75 Å². The number of hydrogen-bond acceptors (Lipinski definition) is 2. The topological polar surface area (TPSA) is 29.5 Å². The number of aryl methyl sites for hydroxylation is 1. The zero-order valence-corrected chi connectivity index (χ0v) is 7.14. The lowest BCUT2D eigenvalue weighted by molar-refractivity contribution is 0.404. The molecule has 1 rings (SSSR count). The minimum atomic E-state index is 0.0501. The van der Waals surface area contributed by atoms with Crippen molar-refractivity contribution in [1.29, 1.82) is 0 Å². The third-order valence-electron chi connectivity index (χ3n) is 1.46. The molecule has 0 aliphatic heterocycles. The lowest BCUT2D eigenvalue weighted by atomic mass is 10.2. The molecule has 0 unspecified atom stereocenters. The SMILES string of the molecule is COc1cc(O)c(Cl)cc1C. The van der Waals surface area contributed by atoms with Crippen LogP contribution in [0.1, 0.15) is 5.56 Å². The lowest BCUT2D eigenvalue weighted by Gasteiger charge is -2.05. The fourth-order valence-corrected chi connectivity index (χ4v) is 1.08. The second kappa shape index (κ2) is 3.01. The molecule has 0 heterocycles. The van der Waals surface area contributed by atoms with Gasteiger partial charge in [-0.1, -0.05) is 11.6 Å². The molecule has 0 aromatic heterocycles. The summed E-state index contributed by atoms with van der Waals surface area (Å²) in [4.78, 5) is 0. The van der Waals surface area contributed by atoms with Crippen LogP contribution >= 0.6 is 11.6 Å². The van der Waals surface area contributed by atoms with Crippen molar-refractivity contribution in [2.75, 3.05) is 7.11 Å². The van der Waals surface area contributed by atoms with Gasteiger partial charge in [-0.05, 0) is 18.6 Å². The summed E-state index contributed by atoms with van der Waals surface area (Å²) in [6.07, 6.45) is 0. The number of halogens is 1. The Labute approximate surface area is 70.4 Å². The van der Waals surface area contributed by atoms with Crippen LogP contribution in [0.25, 0.3) is 0 Å². The number of rotatable bonds is 1. The predicted octanol–water partition coefficient (Wildman–Crippen LogP) is 2.36. The molecular weight excluding hydrogens is 164 g/mol. The van der Waals surface area contributed by atoms with E-state index in [1.54, 1.807) is 13.2 Å². The molecule has 0 fully saturated rings. The molecule has 0 aliphatic carbocycles. The minimum absolute atomic E-state index is 0.0501. The maximum Gasteiger partial charge on any atom is 0.137 e. The average molecular weight is 173 g/mol. The van der Waals surface area contributed by atoms with E-state index in [0.29, 0.717) is 10.8 Å². The highest BCUT2D eigenvalue weighted by Gasteiger charge is 2.03. The molecule has 0 aliphatic rings. The Balaban J connectivity index is 3.21. The van der Waals surface area contributed by atoms with Crippen molar-refractivity contribution in [2.24, 2.45) is 0 Å². The zero-order chi connectivity index (χ0) is 8.43. The van der Waals surface area contributed by atoms with Crippen LogP contribution in [-0.2, 0) is 0 Å². The summed E-state index contributed by atoms with van der Waals surface area (Å²) in [6, 6.07) is 3.16. The van der Waals surface area contributed by atoms with Gasteiger partial charge >= 0.3 is 0 Å². The Morgan fingerprint density at radius 2 is 2.09 bits per heavy atom. The maximum atomic E-state index is 9.14. The Hall–Kier alpha value is -0.890. The second-order valence-corrected chi connectivity index (χ2v) is 2.68. The van der Waals surface area contributed by atoms with Crippen LogP contribution in [-0.4, -0.2) is 12.2 Å². The van der Waals surface area contributed by atoms with E-state index in [0.717, 1.165) is 5.56 Å². The van der Waals surface area contributed by atoms with Gasteiger partial charge in [-0.25, -0.2) is 0 Å². The van der Waals surface area contributed by atoms with Gasteiger partial charge in [0.25, 0.3) is 0 Å². The zero-order valence-electron chi connectivity index (χ0n) is 6.39. The summed E-state index contributed by atoms with van der Waals surface area (Å²) >= 11 is 5.64. The molecule has 0 bridgehead atoms. The van der Waals surface area contributed by atoms with Crippen molar-refractivity contribution in [3.63, 3.8) is 0 Å². The highest BCUT2D eigenvalue weighted by atomic mass is 35.5. The minimum Gasteiger partial charge on any atom is -0.506 e. The Morgan fingerprint density at radius 1 is 1.45 bits per heavy atom. The summed E-state index contributed by atoms with van der Waals surface area (Å²) in [5, 5.41) is 9.49. The monoisotopic (exact) mass is 172 g/mol. The van der Waals surface area contributed by atoms with Gasteiger partial charge in [0.15, 0.2) is 0 Å². The van der Waals surface area contributed by atoms with Crippen LogP contribution < -0.4 is 4.74 Å². The van der Waals surface area contributed by atoms with Gasteiger partial charge < -0.3 is 9.84 Å². The Morgan fingerprint density at radius 3 is 2.64 bits per heavy atom. The fraction of sp³-hybridized carbons (Fsp3) is 0.250. The summed E-state index contributed by atoms with van der Waals surface area (Å²) in [5.74, 6) is 0.695. The van der Waals surface area contributed by atoms with Gasteiger partial charge in [-0.15, -0.1) is 0 Å². The highest BCUT2D eigenvalue weighted by molar-refractivity contribution is 6.32. The molecule has 0 amide bonds. The van der Waals surface area contributed by atoms with Gasteiger partial charge in [-0.3, -0.25) is 0 Å². The normalized spacial score (nSPS) is 9.73. The van der Waals surface area contributed by atoms with E-state index in [1.165, 1.54) is 6.07 Å². The molecule has 0 saturated carbocycles. The van der Waals surface area contributed by atoms with E-state index in [9.17, 15) is 0 Å². The largest absolute Gasteiger partial charge is 0.506 e. The molecule has 0 atom stereocenters. The first-order valence-corrected chi connectivity index (χ1v) is 3.56. The standard InChI is InChI=1S/C8H9ClO2/c1-5-3-6(9)7(10)4-8(5)11-2/h3-4,10H,1-2H3. The Bertz CT molecular complexity index is 271. The number of benzene rings is 1. The van der Waals surface area contributed by atoms with E-state index in [4.69, 9.17) is 21.4 Å². The Kier molecular flexibility index (Phi) is 2.25. The van der Waals surface area contributed by atoms with Crippen molar-refractivity contribution in [1.82, 2.24) is 0 Å². The summed E-state index contributed by atoms with van der Waals surface area (Å²) < 4.78 is 4.96. The van der Waals surface area contributed by atoms with E-state index < -0.39 is 0 Å². The van der Waals surface area contributed by atoms with Crippen LogP contribution in [0.3, 0.4) is 0 Å².